The topological polar surface area (TPSA) is 29.5 Å². The number of hydrogen-bond acceptors (Lipinski definition) is 2. The largest absolute Gasteiger partial charge is 0.496 e. The van der Waals surface area contributed by atoms with Gasteiger partial charge in [-0.3, -0.25) is 0 Å². The number of rotatable bonds is 4. The zero-order valence-corrected chi connectivity index (χ0v) is 13.2. The quantitative estimate of drug-likeness (QED) is 0.889. The summed E-state index contributed by atoms with van der Waals surface area (Å²) in [7, 11) is 1.53. The maximum atomic E-state index is 13.3. The first-order valence-corrected chi connectivity index (χ1v) is 7.12. The Labute approximate surface area is 130 Å². The lowest BCUT2D eigenvalue weighted by atomic mass is 9.88. The maximum Gasteiger partial charge on any atom is 0.126 e. The van der Waals surface area contributed by atoms with E-state index >= 15 is 0 Å². The molecule has 0 saturated heterocycles. The molecule has 0 bridgehead atoms. The van der Waals surface area contributed by atoms with Gasteiger partial charge < -0.3 is 9.84 Å². The first-order chi connectivity index (χ1) is 9.81. The van der Waals surface area contributed by atoms with Crippen molar-refractivity contribution in [2.24, 2.45) is 0 Å². The molecule has 2 rings (SSSR count). The predicted octanol–water partition coefficient (Wildman–Crippen LogP) is 4.19. The van der Waals surface area contributed by atoms with Crippen LogP contribution >= 0.6 is 15.9 Å². The molecule has 5 heteroatoms. The zero-order chi connectivity index (χ0) is 15.6. The standard InChI is InChI=1S/C16H15BrF2O2/c1-16(20,11-6-13(18)8-14(19)7-11)9-10-5-12(17)3-4-15(10)21-2/h3-8,20H,9H2,1-2H3. The minimum atomic E-state index is -1.42. The van der Waals surface area contributed by atoms with Crippen LogP contribution in [-0.4, -0.2) is 12.2 Å². The fourth-order valence-corrected chi connectivity index (χ4v) is 2.63. The second kappa shape index (κ2) is 6.12. The normalized spacial score (nSPS) is 13.8. The summed E-state index contributed by atoms with van der Waals surface area (Å²) in [6, 6.07) is 8.43. The molecule has 0 spiro atoms. The van der Waals surface area contributed by atoms with Gasteiger partial charge in [-0.2, -0.15) is 0 Å². The van der Waals surface area contributed by atoms with Gasteiger partial charge in [-0.05, 0) is 48.4 Å². The third-order valence-electron chi connectivity index (χ3n) is 3.26. The number of aliphatic hydroxyl groups is 1. The van der Waals surface area contributed by atoms with Crippen LogP contribution in [0.1, 0.15) is 18.1 Å². The van der Waals surface area contributed by atoms with Crippen molar-refractivity contribution < 1.29 is 18.6 Å². The summed E-state index contributed by atoms with van der Waals surface area (Å²) in [5.41, 5.74) is -0.500. The minimum absolute atomic E-state index is 0.165. The molecule has 0 aliphatic carbocycles. The molecule has 1 atom stereocenters. The van der Waals surface area contributed by atoms with Crippen molar-refractivity contribution in [1.29, 1.82) is 0 Å². The Balaban J connectivity index is 2.38. The molecule has 0 aliphatic rings. The van der Waals surface area contributed by atoms with Gasteiger partial charge in [0.2, 0.25) is 0 Å². The second-order valence-electron chi connectivity index (χ2n) is 5.06. The molecular weight excluding hydrogens is 342 g/mol. The van der Waals surface area contributed by atoms with Gasteiger partial charge in [0.15, 0.2) is 0 Å². The summed E-state index contributed by atoms with van der Waals surface area (Å²) in [5, 5.41) is 10.6. The lowest BCUT2D eigenvalue weighted by Gasteiger charge is -2.25. The number of hydrogen-bond donors (Lipinski definition) is 1. The van der Waals surface area contributed by atoms with E-state index in [1.165, 1.54) is 14.0 Å². The van der Waals surface area contributed by atoms with Gasteiger partial charge in [0.25, 0.3) is 0 Å². The van der Waals surface area contributed by atoms with Crippen molar-refractivity contribution in [3.8, 4) is 5.75 Å². The van der Waals surface area contributed by atoms with E-state index in [2.05, 4.69) is 15.9 Å². The van der Waals surface area contributed by atoms with Gasteiger partial charge in [-0.15, -0.1) is 0 Å². The van der Waals surface area contributed by atoms with E-state index in [4.69, 9.17) is 4.74 Å². The van der Waals surface area contributed by atoms with Crippen LogP contribution in [-0.2, 0) is 12.0 Å². The van der Waals surface area contributed by atoms with Crippen LogP contribution in [0.2, 0.25) is 0 Å². The van der Waals surface area contributed by atoms with E-state index in [1.807, 2.05) is 12.1 Å². The van der Waals surface area contributed by atoms with E-state index < -0.39 is 17.2 Å². The van der Waals surface area contributed by atoms with Crippen LogP contribution in [0.15, 0.2) is 40.9 Å². The van der Waals surface area contributed by atoms with Gasteiger partial charge in [0, 0.05) is 17.0 Å². The molecular formula is C16H15BrF2O2. The Kier molecular flexibility index (Phi) is 4.64. The fraction of sp³-hybridized carbons (Fsp3) is 0.250. The molecule has 2 aromatic carbocycles. The number of halogens is 3. The van der Waals surface area contributed by atoms with Crippen LogP contribution in [0.25, 0.3) is 0 Å². The van der Waals surface area contributed by atoms with Gasteiger partial charge >= 0.3 is 0 Å². The number of ether oxygens (including phenoxy) is 1. The zero-order valence-electron chi connectivity index (χ0n) is 11.7. The van der Waals surface area contributed by atoms with Crippen LogP contribution < -0.4 is 4.74 Å². The van der Waals surface area contributed by atoms with E-state index in [9.17, 15) is 13.9 Å². The molecule has 0 saturated carbocycles. The first kappa shape index (κ1) is 15.9. The lowest BCUT2D eigenvalue weighted by Crippen LogP contribution is -2.25. The number of benzene rings is 2. The van der Waals surface area contributed by atoms with E-state index in [1.54, 1.807) is 6.07 Å². The molecule has 1 N–H and O–H groups in total. The van der Waals surface area contributed by atoms with Gasteiger partial charge in [0.05, 0.1) is 12.7 Å². The van der Waals surface area contributed by atoms with Crippen molar-refractivity contribution in [1.82, 2.24) is 0 Å². The highest BCUT2D eigenvalue weighted by molar-refractivity contribution is 9.10. The molecule has 112 valence electrons. The Morgan fingerprint density at radius 1 is 1.14 bits per heavy atom. The average molecular weight is 357 g/mol. The summed E-state index contributed by atoms with van der Waals surface area (Å²) < 4.78 is 32.7. The molecule has 0 heterocycles. The molecule has 0 aromatic heterocycles. The van der Waals surface area contributed by atoms with Gasteiger partial charge in [0.1, 0.15) is 17.4 Å². The van der Waals surface area contributed by atoms with Crippen molar-refractivity contribution in [2.75, 3.05) is 7.11 Å². The van der Waals surface area contributed by atoms with E-state index in [0.29, 0.717) is 5.75 Å². The van der Waals surface area contributed by atoms with Crippen LogP contribution in [0.5, 0.6) is 5.75 Å². The van der Waals surface area contributed by atoms with Crippen molar-refractivity contribution in [2.45, 2.75) is 18.9 Å². The predicted molar refractivity (Wildman–Crippen MR) is 80.3 cm³/mol. The molecule has 0 radical (unpaired) electrons. The molecule has 2 nitrogen and oxygen atoms in total. The monoisotopic (exact) mass is 356 g/mol. The highest BCUT2D eigenvalue weighted by Crippen LogP contribution is 2.32. The maximum absolute atomic E-state index is 13.3. The Morgan fingerprint density at radius 3 is 2.33 bits per heavy atom. The minimum Gasteiger partial charge on any atom is -0.496 e. The van der Waals surface area contributed by atoms with E-state index in [-0.39, 0.29) is 12.0 Å². The van der Waals surface area contributed by atoms with Crippen molar-refractivity contribution >= 4 is 15.9 Å². The summed E-state index contributed by atoms with van der Waals surface area (Å²) in [4.78, 5) is 0. The summed E-state index contributed by atoms with van der Waals surface area (Å²) in [6.07, 6.45) is 0.165. The Hall–Kier alpha value is -1.46. The fourth-order valence-electron chi connectivity index (χ4n) is 2.22. The van der Waals surface area contributed by atoms with Crippen LogP contribution in [0, 0.1) is 11.6 Å². The number of methoxy groups -OCH3 is 1. The van der Waals surface area contributed by atoms with Gasteiger partial charge in [-0.1, -0.05) is 15.9 Å². The molecule has 0 fully saturated rings. The Bertz CT molecular complexity index is 636. The lowest BCUT2D eigenvalue weighted by molar-refractivity contribution is 0.0562. The first-order valence-electron chi connectivity index (χ1n) is 6.33. The molecule has 1 unspecified atom stereocenters. The van der Waals surface area contributed by atoms with Gasteiger partial charge in [-0.25, -0.2) is 8.78 Å². The Morgan fingerprint density at radius 2 is 1.76 bits per heavy atom. The summed E-state index contributed by atoms with van der Waals surface area (Å²) in [6.45, 7) is 1.52. The molecule has 0 amide bonds. The highest BCUT2D eigenvalue weighted by atomic mass is 79.9. The highest BCUT2D eigenvalue weighted by Gasteiger charge is 2.26. The van der Waals surface area contributed by atoms with E-state index in [0.717, 1.165) is 28.2 Å². The van der Waals surface area contributed by atoms with Crippen LogP contribution in [0.3, 0.4) is 0 Å². The van der Waals surface area contributed by atoms with Crippen molar-refractivity contribution in [3.05, 3.63) is 63.6 Å². The third-order valence-corrected chi connectivity index (χ3v) is 3.75. The second-order valence-corrected chi connectivity index (χ2v) is 5.98. The van der Waals surface area contributed by atoms with Crippen LogP contribution in [0.4, 0.5) is 8.78 Å². The summed E-state index contributed by atoms with van der Waals surface area (Å²) in [5.74, 6) is -0.826. The SMILES string of the molecule is COc1ccc(Br)cc1CC(C)(O)c1cc(F)cc(F)c1. The molecule has 2 aromatic rings. The smallest absolute Gasteiger partial charge is 0.126 e. The molecule has 0 aliphatic heterocycles. The van der Waals surface area contributed by atoms with Crippen molar-refractivity contribution in [3.63, 3.8) is 0 Å². The molecule has 21 heavy (non-hydrogen) atoms. The average Bonchev–Trinajstić information content (AvgIpc) is 2.37. The third kappa shape index (κ3) is 3.80. The summed E-state index contributed by atoms with van der Waals surface area (Å²) >= 11 is 3.36.